The van der Waals surface area contributed by atoms with Gasteiger partial charge in [-0.25, -0.2) is 9.97 Å². The second-order valence-electron chi connectivity index (χ2n) is 5.62. The van der Waals surface area contributed by atoms with Crippen molar-refractivity contribution in [2.45, 2.75) is 31.7 Å². The van der Waals surface area contributed by atoms with Gasteiger partial charge >= 0.3 is 5.97 Å². The van der Waals surface area contributed by atoms with Gasteiger partial charge in [-0.3, -0.25) is 9.59 Å². The van der Waals surface area contributed by atoms with Crippen LogP contribution in [0.2, 0.25) is 5.02 Å². The molecule has 1 saturated heterocycles. The number of carbonyl (C=O) groups excluding carboxylic acids is 1. The van der Waals surface area contributed by atoms with Gasteiger partial charge in [0.05, 0.1) is 11.2 Å². The molecule has 0 unspecified atom stereocenters. The van der Waals surface area contributed by atoms with Crippen molar-refractivity contribution in [2.24, 2.45) is 0 Å². The molecular formula is C14H17ClN4O3. The van der Waals surface area contributed by atoms with Crippen LogP contribution < -0.4 is 4.90 Å². The molecule has 2 heterocycles. The van der Waals surface area contributed by atoms with Crippen LogP contribution in [0.3, 0.4) is 0 Å². The number of carboxylic acid groups (broad SMARTS) is 1. The average Bonchev–Trinajstić information content (AvgIpc) is 3.18. The summed E-state index contributed by atoms with van der Waals surface area (Å²) in [6.07, 6.45) is 5.20. The van der Waals surface area contributed by atoms with Crippen molar-refractivity contribution in [3.05, 3.63) is 16.9 Å². The summed E-state index contributed by atoms with van der Waals surface area (Å²) in [4.78, 5) is 35.4. The normalized spacial score (nSPS) is 17.6. The van der Waals surface area contributed by atoms with Crippen LogP contribution in [0, 0.1) is 0 Å². The van der Waals surface area contributed by atoms with E-state index in [1.165, 1.54) is 11.1 Å². The van der Waals surface area contributed by atoms with Crippen LogP contribution in [0.5, 0.6) is 0 Å². The van der Waals surface area contributed by atoms with Crippen molar-refractivity contribution in [1.82, 2.24) is 14.9 Å². The minimum absolute atomic E-state index is 0.0233. The molecule has 1 aliphatic carbocycles. The zero-order valence-electron chi connectivity index (χ0n) is 12.0. The number of hydrogen-bond acceptors (Lipinski definition) is 5. The molecule has 0 aromatic carbocycles. The van der Waals surface area contributed by atoms with E-state index in [1.807, 2.05) is 4.90 Å². The molecule has 2 fully saturated rings. The van der Waals surface area contributed by atoms with Crippen molar-refractivity contribution < 1.29 is 14.7 Å². The van der Waals surface area contributed by atoms with E-state index in [1.54, 1.807) is 0 Å². The van der Waals surface area contributed by atoms with Gasteiger partial charge in [0.15, 0.2) is 5.69 Å². The third kappa shape index (κ3) is 3.14. The maximum atomic E-state index is 12.6. The van der Waals surface area contributed by atoms with E-state index < -0.39 is 11.9 Å². The van der Waals surface area contributed by atoms with Crippen LogP contribution in [0.15, 0.2) is 6.20 Å². The number of aromatic nitrogens is 2. The SMILES string of the molecule is O=C(O)CN(C(=O)c1nc(N2CCCC2)ncc1Cl)C1CC1. The van der Waals surface area contributed by atoms with Crippen LogP contribution in [-0.4, -0.2) is 57.5 Å². The van der Waals surface area contributed by atoms with Gasteiger partial charge in [0.2, 0.25) is 5.95 Å². The highest BCUT2D eigenvalue weighted by Crippen LogP contribution is 2.29. The average molecular weight is 325 g/mol. The van der Waals surface area contributed by atoms with Gasteiger partial charge in [0.25, 0.3) is 5.91 Å². The van der Waals surface area contributed by atoms with E-state index >= 15 is 0 Å². The molecule has 0 atom stereocenters. The number of anilines is 1. The Balaban J connectivity index is 1.86. The number of halogens is 1. The Labute approximate surface area is 132 Å². The number of carbonyl (C=O) groups is 2. The highest BCUT2D eigenvalue weighted by Gasteiger charge is 2.36. The number of rotatable bonds is 5. The van der Waals surface area contributed by atoms with Crippen LogP contribution in [0.25, 0.3) is 0 Å². The molecule has 8 heteroatoms. The van der Waals surface area contributed by atoms with E-state index in [0.717, 1.165) is 38.8 Å². The Hall–Kier alpha value is -1.89. The fourth-order valence-electron chi connectivity index (χ4n) is 2.61. The molecule has 3 rings (SSSR count). The summed E-state index contributed by atoms with van der Waals surface area (Å²) in [6, 6.07) is -0.0233. The van der Waals surface area contributed by atoms with Crippen LogP contribution in [0.4, 0.5) is 5.95 Å². The zero-order valence-corrected chi connectivity index (χ0v) is 12.8. The third-order valence-electron chi connectivity index (χ3n) is 3.88. The molecule has 2 aliphatic rings. The lowest BCUT2D eigenvalue weighted by atomic mass is 10.3. The third-order valence-corrected chi connectivity index (χ3v) is 4.15. The molecule has 1 aromatic heterocycles. The van der Waals surface area contributed by atoms with Crippen LogP contribution in [0.1, 0.15) is 36.2 Å². The van der Waals surface area contributed by atoms with Crippen LogP contribution >= 0.6 is 11.6 Å². The molecule has 1 aromatic rings. The van der Waals surface area contributed by atoms with Crippen molar-refractivity contribution >= 4 is 29.4 Å². The summed E-state index contributed by atoms with van der Waals surface area (Å²) in [6.45, 7) is 1.39. The fourth-order valence-corrected chi connectivity index (χ4v) is 2.78. The van der Waals surface area contributed by atoms with Gasteiger partial charge in [-0.05, 0) is 25.7 Å². The molecule has 1 amide bonds. The summed E-state index contributed by atoms with van der Waals surface area (Å²) in [5, 5.41) is 9.14. The first-order valence-corrected chi connectivity index (χ1v) is 7.74. The van der Waals surface area contributed by atoms with Gasteiger partial charge in [-0.2, -0.15) is 0 Å². The largest absolute Gasteiger partial charge is 0.480 e. The predicted molar refractivity (Wildman–Crippen MR) is 80.2 cm³/mol. The first-order valence-electron chi connectivity index (χ1n) is 7.36. The Kier molecular flexibility index (Phi) is 4.15. The van der Waals surface area contributed by atoms with Gasteiger partial charge in [0.1, 0.15) is 6.54 Å². The van der Waals surface area contributed by atoms with E-state index in [4.69, 9.17) is 16.7 Å². The summed E-state index contributed by atoms with van der Waals surface area (Å²) in [7, 11) is 0. The lowest BCUT2D eigenvalue weighted by Gasteiger charge is -2.21. The van der Waals surface area contributed by atoms with Gasteiger partial charge in [0, 0.05) is 19.1 Å². The Morgan fingerprint density at radius 2 is 2.05 bits per heavy atom. The second-order valence-corrected chi connectivity index (χ2v) is 6.03. The minimum Gasteiger partial charge on any atom is -0.480 e. The molecule has 22 heavy (non-hydrogen) atoms. The number of nitrogens with zero attached hydrogens (tertiary/aromatic N) is 4. The molecule has 7 nitrogen and oxygen atoms in total. The quantitative estimate of drug-likeness (QED) is 0.881. The molecular weight excluding hydrogens is 308 g/mol. The van der Waals surface area contributed by atoms with E-state index in [9.17, 15) is 9.59 Å². The van der Waals surface area contributed by atoms with E-state index in [-0.39, 0.29) is 23.3 Å². The maximum absolute atomic E-state index is 12.6. The Morgan fingerprint density at radius 3 is 2.64 bits per heavy atom. The van der Waals surface area contributed by atoms with Crippen molar-refractivity contribution in [3.8, 4) is 0 Å². The fraction of sp³-hybridized carbons (Fsp3) is 0.571. The standard InChI is InChI=1S/C14H17ClN4O3/c15-10-7-16-14(18-5-1-2-6-18)17-12(10)13(22)19(8-11(20)21)9-3-4-9/h7,9H,1-6,8H2,(H,20,21). The summed E-state index contributed by atoms with van der Waals surface area (Å²) in [5.74, 6) is -0.987. The first kappa shape index (κ1) is 15.0. The summed E-state index contributed by atoms with van der Waals surface area (Å²) >= 11 is 6.07. The number of carboxylic acids is 1. The molecule has 1 N–H and O–H groups in total. The minimum atomic E-state index is -1.04. The highest BCUT2D eigenvalue weighted by atomic mass is 35.5. The Morgan fingerprint density at radius 1 is 1.36 bits per heavy atom. The lowest BCUT2D eigenvalue weighted by Crippen LogP contribution is -2.38. The van der Waals surface area contributed by atoms with Crippen molar-refractivity contribution in [3.63, 3.8) is 0 Å². The van der Waals surface area contributed by atoms with Crippen LogP contribution in [-0.2, 0) is 4.79 Å². The van der Waals surface area contributed by atoms with Crippen molar-refractivity contribution in [1.29, 1.82) is 0 Å². The van der Waals surface area contributed by atoms with Gasteiger partial charge in [-0.1, -0.05) is 11.6 Å². The van der Waals surface area contributed by atoms with Crippen molar-refractivity contribution in [2.75, 3.05) is 24.5 Å². The zero-order chi connectivity index (χ0) is 15.7. The number of hydrogen-bond donors (Lipinski definition) is 1. The highest BCUT2D eigenvalue weighted by molar-refractivity contribution is 6.33. The molecule has 0 spiro atoms. The number of amides is 1. The first-order chi connectivity index (χ1) is 10.6. The lowest BCUT2D eigenvalue weighted by molar-refractivity contribution is -0.137. The smallest absolute Gasteiger partial charge is 0.323 e. The monoisotopic (exact) mass is 324 g/mol. The van der Waals surface area contributed by atoms with E-state index in [2.05, 4.69) is 9.97 Å². The van der Waals surface area contributed by atoms with Gasteiger partial charge in [-0.15, -0.1) is 0 Å². The second kappa shape index (κ2) is 6.08. The van der Waals surface area contributed by atoms with Gasteiger partial charge < -0.3 is 14.9 Å². The number of aliphatic carboxylic acids is 1. The molecule has 1 aliphatic heterocycles. The molecule has 0 radical (unpaired) electrons. The topological polar surface area (TPSA) is 86.6 Å². The molecule has 118 valence electrons. The maximum Gasteiger partial charge on any atom is 0.323 e. The van der Waals surface area contributed by atoms with E-state index in [0.29, 0.717) is 5.95 Å². The summed E-state index contributed by atoms with van der Waals surface area (Å²) in [5.41, 5.74) is 0.0896. The Bertz CT molecular complexity index is 600. The molecule has 0 bridgehead atoms. The predicted octanol–water partition coefficient (Wildman–Crippen LogP) is 1.42. The summed E-state index contributed by atoms with van der Waals surface area (Å²) < 4.78 is 0. The molecule has 1 saturated carbocycles.